The summed E-state index contributed by atoms with van der Waals surface area (Å²) in [7, 11) is 0. The SMILES string of the molecule is Cc1cc(NC(=O)COC(=O)c2c(C)cccc2[N+](=O)[O-])no1. The van der Waals surface area contributed by atoms with Crippen molar-refractivity contribution in [2.24, 2.45) is 0 Å². The van der Waals surface area contributed by atoms with Crippen LogP contribution in [0.5, 0.6) is 0 Å². The fourth-order valence-electron chi connectivity index (χ4n) is 1.88. The van der Waals surface area contributed by atoms with Crippen molar-refractivity contribution in [3.05, 3.63) is 51.3 Å². The number of hydrogen-bond donors (Lipinski definition) is 1. The monoisotopic (exact) mass is 319 g/mol. The average Bonchev–Trinajstić information content (AvgIpc) is 2.89. The van der Waals surface area contributed by atoms with Gasteiger partial charge in [0, 0.05) is 12.1 Å². The molecule has 1 N–H and O–H groups in total. The van der Waals surface area contributed by atoms with E-state index >= 15 is 0 Å². The zero-order chi connectivity index (χ0) is 17.0. The van der Waals surface area contributed by atoms with Gasteiger partial charge >= 0.3 is 5.97 Å². The van der Waals surface area contributed by atoms with E-state index in [9.17, 15) is 19.7 Å². The predicted octanol–water partition coefficient (Wildman–Crippen LogP) is 2.00. The van der Waals surface area contributed by atoms with Gasteiger partial charge in [-0.05, 0) is 19.4 Å². The number of carbonyl (C=O) groups is 2. The Morgan fingerprint density at radius 3 is 2.74 bits per heavy atom. The lowest BCUT2D eigenvalue weighted by Gasteiger charge is -2.07. The van der Waals surface area contributed by atoms with Crippen LogP contribution in [-0.2, 0) is 9.53 Å². The quantitative estimate of drug-likeness (QED) is 0.507. The Morgan fingerprint density at radius 1 is 1.39 bits per heavy atom. The van der Waals surface area contributed by atoms with Gasteiger partial charge < -0.3 is 14.6 Å². The van der Waals surface area contributed by atoms with E-state index in [4.69, 9.17) is 9.26 Å². The molecule has 0 aliphatic heterocycles. The van der Waals surface area contributed by atoms with Crippen LogP contribution >= 0.6 is 0 Å². The highest BCUT2D eigenvalue weighted by atomic mass is 16.6. The Balaban J connectivity index is 2.02. The third kappa shape index (κ3) is 3.90. The van der Waals surface area contributed by atoms with Crippen LogP contribution in [0.3, 0.4) is 0 Å². The highest BCUT2D eigenvalue weighted by Crippen LogP contribution is 2.22. The first-order valence-corrected chi connectivity index (χ1v) is 6.53. The fourth-order valence-corrected chi connectivity index (χ4v) is 1.88. The molecule has 0 fully saturated rings. The smallest absolute Gasteiger partial charge is 0.345 e. The maximum Gasteiger partial charge on any atom is 0.345 e. The summed E-state index contributed by atoms with van der Waals surface area (Å²) >= 11 is 0. The molecule has 0 bridgehead atoms. The Labute approximate surface area is 130 Å². The highest BCUT2D eigenvalue weighted by Gasteiger charge is 2.24. The molecule has 1 amide bonds. The van der Waals surface area contributed by atoms with E-state index in [1.807, 2.05) is 0 Å². The lowest BCUT2D eigenvalue weighted by molar-refractivity contribution is -0.385. The number of carbonyl (C=O) groups excluding carboxylic acids is 2. The van der Waals surface area contributed by atoms with E-state index in [1.54, 1.807) is 19.9 Å². The molecule has 2 aromatic rings. The topological polar surface area (TPSA) is 125 Å². The van der Waals surface area contributed by atoms with Crippen molar-refractivity contribution in [3.8, 4) is 0 Å². The number of aromatic nitrogens is 1. The van der Waals surface area contributed by atoms with Crippen LogP contribution in [0, 0.1) is 24.0 Å². The second-order valence-corrected chi connectivity index (χ2v) is 4.67. The number of hydrogen-bond acceptors (Lipinski definition) is 7. The molecule has 23 heavy (non-hydrogen) atoms. The molecule has 2 rings (SSSR count). The van der Waals surface area contributed by atoms with Crippen molar-refractivity contribution < 1.29 is 23.8 Å². The summed E-state index contributed by atoms with van der Waals surface area (Å²) in [4.78, 5) is 33.9. The Bertz CT molecular complexity index is 768. The summed E-state index contributed by atoms with van der Waals surface area (Å²) in [5, 5.41) is 16.9. The Hall–Kier alpha value is -3.23. The van der Waals surface area contributed by atoms with Gasteiger partial charge in [-0.2, -0.15) is 0 Å². The number of benzene rings is 1. The molecule has 9 nitrogen and oxygen atoms in total. The molecule has 1 aromatic heterocycles. The number of esters is 1. The molecular formula is C14H13N3O6. The number of rotatable bonds is 5. The number of aryl methyl sites for hydroxylation is 2. The molecule has 0 atom stereocenters. The van der Waals surface area contributed by atoms with Crippen LogP contribution in [0.4, 0.5) is 11.5 Å². The van der Waals surface area contributed by atoms with Crippen molar-refractivity contribution in [2.75, 3.05) is 11.9 Å². The van der Waals surface area contributed by atoms with Crippen LogP contribution < -0.4 is 5.32 Å². The molecule has 1 heterocycles. The normalized spacial score (nSPS) is 10.2. The standard InChI is InChI=1S/C14H13N3O6/c1-8-4-3-5-10(17(20)21)13(8)14(19)22-7-12(18)15-11-6-9(2)23-16-11/h3-6H,7H2,1-2H3,(H,15,16,18). The molecule has 0 saturated heterocycles. The number of nitrogens with one attached hydrogen (secondary N) is 1. The maximum atomic E-state index is 12.0. The summed E-state index contributed by atoms with van der Waals surface area (Å²) in [6, 6.07) is 5.69. The van der Waals surface area contributed by atoms with Crippen LogP contribution in [0.15, 0.2) is 28.8 Å². The predicted molar refractivity (Wildman–Crippen MR) is 78.0 cm³/mol. The second-order valence-electron chi connectivity index (χ2n) is 4.67. The third-order valence-corrected chi connectivity index (χ3v) is 2.88. The van der Waals surface area contributed by atoms with E-state index in [2.05, 4.69) is 10.5 Å². The summed E-state index contributed by atoms with van der Waals surface area (Å²) in [6.45, 7) is 2.60. The number of anilines is 1. The second kappa shape index (κ2) is 6.69. The van der Waals surface area contributed by atoms with Gasteiger partial charge in [0.25, 0.3) is 11.6 Å². The van der Waals surface area contributed by atoms with Gasteiger partial charge in [0.05, 0.1) is 4.92 Å². The van der Waals surface area contributed by atoms with E-state index < -0.39 is 23.4 Å². The van der Waals surface area contributed by atoms with E-state index in [-0.39, 0.29) is 17.1 Å². The van der Waals surface area contributed by atoms with Gasteiger partial charge in [0.2, 0.25) is 0 Å². The Morgan fingerprint density at radius 2 is 2.13 bits per heavy atom. The lowest BCUT2D eigenvalue weighted by atomic mass is 10.1. The number of ether oxygens (including phenoxy) is 1. The first kappa shape index (κ1) is 16.1. The molecule has 1 aromatic carbocycles. The first-order chi connectivity index (χ1) is 10.9. The van der Waals surface area contributed by atoms with E-state index in [1.165, 1.54) is 18.2 Å². The number of nitrogens with zero attached hydrogens (tertiary/aromatic N) is 2. The van der Waals surface area contributed by atoms with Gasteiger partial charge in [0.15, 0.2) is 12.4 Å². The third-order valence-electron chi connectivity index (χ3n) is 2.88. The largest absolute Gasteiger partial charge is 0.452 e. The van der Waals surface area contributed by atoms with Gasteiger partial charge in [-0.15, -0.1) is 0 Å². The molecule has 0 unspecified atom stereocenters. The molecule has 0 radical (unpaired) electrons. The molecule has 0 aliphatic carbocycles. The van der Waals surface area contributed by atoms with Crippen molar-refractivity contribution in [3.63, 3.8) is 0 Å². The fraction of sp³-hybridized carbons (Fsp3) is 0.214. The summed E-state index contributed by atoms with van der Waals surface area (Å²) in [5.74, 6) is -0.887. The zero-order valence-corrected chi connectivity index (χ0v) is 12.4. The number of amides is 1. The van der Waals surface area contributed by atoms with Crippen molar-refractivity contribution >= 4 is 23.4 Å². The number of nitro benzene ring substituents is 1. The summed E-state index contributed by atoms with van der Waals surface area (Å²) < 4.78 is 9.60. The van der Waals surface area contributed by atoms with Gasteiger partial charge in [-0.3, -0.25) is 14.9 Å². The molecule has 120 valence electrons. The van der Waals surface area contributed by atoms with Crippen molar-refractivity contribution in [1.29, 1.82) is 0 Å². The molecule has 0 saturated carbocycles. The Kier molecular flexibility index (Phi) is 4.69. The van der Waals surface area contributed by atoms with Gasteiger partial charge in [-0.1, -0.05) is 17.3 Å². The average molecular weight is 319 g/mol. The van der Waals surface area contributed by atoms with Crippen LogP contribution in [-0.4, -0.2) is 28.6 Å². The minimum absolute atomic E-state index is 0.178. The number of nitro groups is 1. The van der Waals surface area contributed by atoms with Gasteiger partial charge in [-0.25, -0.2) is 4.79 Å². The first-order valence-electron chi connectivity index (χ1n) is 6.53. The summed E-state index contributed by atoms with van der Waals surface area (Å²) in [6.07, 6.45) is 0. The summed E-state index contributed by atoms with van der Waals surface area (Å²) in [5.41, 5.74) is -0.165. The highest BCUT2D eigenvalue weighted by molar-refractivity contribution is 5.98. The van der Waals surface area contributed by atoms with Crippen LogP contribution in [0.2, 0.25) is 0 Å². The molecular weight excluding hydrogens is 306 g/mol. The van der Waals surface area contributed by atoms with Crippen LogP contribution in [0.25, 0.3) is 0 Å². The van der Waals surface area contributed by atoms with E-state index in [0.29, 0.717) is 11.3 Å². The molecule has 9 heteroatoms. The molecule has 0 spiro atoms. The lowest BCUT2D eigenvalue weighted by Crippen LogP contribution is -2.21. The van der Waals surface area contributed by atoms with Gasteiger partial charge in [0.1, 0.15) is 11.3 Å². The maximum absolute atomic E-state index is 12.0. The zero-order valence-electron chi connectivity index (χ0n) is 12.4. The minimum Gasteiger partial charge on any atom is -0.452 e. The van der Waals surface area contributed by atoms with Crippen molar-refractivity contribution in [1.82, 2.24) is 5.16 Å². The molecule has 0 aliphatic rings. The van der Waals surface area contributed by atoms with E-state index in [0.717, 1.165) is 0 Å². The minimum atomic E-state index is -0.943. The van der Waals surface area contributed by atoms with Crippen molar-refractivity contribution in [2.45, 2.75) is 13.8 Å². The van der Waals surface area contributed by atoms with Crippen LogP contribution in [0.1, 0.15) is 21.7 Å².